The van der Waals surface area contributed by atoms with Gasteiger partial charge in [0.05, 0.1) is 12.2 Å². The van der Waals surface area contributed by atoms with Gasteiger partial charge in [-0.15, -0.1) is 0 Å². The van der Waals surface area contributed by atoms with Crippen molar-refractivity contribution in [1.82, 2.24) is 0 Å². The summed E-state index contributed by atoms with van der Waals surface area (Å²) in [6.07, 6.45) is 2.20. The van der Waals surface area contributed by atoms with Crippen molar-refractivity contribution in [3.8, 4) is 0 Å². The van der Waals surface area contributed by atoms with E-state index in [9.17, 15) is 19.5 Å². The van der Waals surface area contributed by atoms with E-state index in [1.807, 2.05) is 0 Å². The maximum Gasteiger partial charge on any atom is 0.335 e. The molecule has 6 nitrogen and oxygen atoms in total. The van der Waals surface area contributed by atoms with Crippen LogP contribution in [0.4, 0.5) is 0 Å². The van der Waals surface area contributed by atoms with Gasteiger partial charge in [-0.3, -0.25) is 4.79 Å². The molecule has 0 aromatic heterocycles. The summed E-state index contributed by atoms with van der Waals surface area (Å²) in [5.74, 6) is -3.18. The maximum absolute atomic E-state index is 11.7. The van der Waals surface area contributed by atoms with Crippen molar-refractivity contribution in [3.63, 3.8) is 0 Å². The van der Waals surface area contributed by atoms with Gasteiger partial charge < -0.3 is 14.9 Å². The van der Waals surface area contributed by atoms with Crippen LogP contribution < -0.4 is 0 Å². The Morgan fingerprint density at radius 3 is 2.39 bits per heavy atom. The Morgan fingerprint density at radius 1 is 1.33 bits per heavy atom. The molecule has 1 rings (SSSR count). The van der Waals surface area contributed by atoms with E-state index in [0.29, 0.717) is 0 Å². The number of carboxylic acid groups (broad SMARTS) is 2. The molecule has 2 N–H and O–H groups in total. The third kappa shape index (κ3) is 2.42. The Bertz CT molecular complexity index is 459. The van der Waals surface area contributed by atoms with E-state index in [1.54, 1.807) is 6.92 Å². The molecule has 1 atom stereocenters. The molecule has 0 saturated carbocycles. The van der Waals surface area contributed by atoms with Crippen LogP contribution in [0.15, 0.2) is 23.3 Å². The molecule has 1 aliphatic rings. The molecule has 1 aliphatic carbocycles. The van der Waals surface area contributed by atoms with Crippen LogP contribution in [0, 0.1) is 5.41 Å². The molecular formula is C12H14O6. The highest BCUT2D eigenvalue weighted by molar-refractivity contribution is 6.00. The van der Waals surface area contributed by atoms with Crippen LogP contribution in [0.25, 0.3) is 0 Å². The minimum atomic E-state index is -1.57. The van der Waals surface area contributed by atoms with E-state index < -0.39 is 23.3 Å². The molecule has 0 saturated heterocycles. The highest BCUT2D eigenvalue weighted by atomic mass is 16.5. The largest absolute Gasteiger partial charge is 0.481 e. The second-order valence-corrected chi connectivity index (χ2v) is 4.11. The summed E-state index contributed by atoms with van der Waals surface area (Å²) in [4.78, 5) is 33.8. The number of hydrogen-bond donors (Lipinski definition) is 2. The van der Waals surface area contributed by atoms with E-state index >= 15 is 0 Å². The van der Waals surface area contributed by atoms with E-state index in [0.717, 1.165) is 0 Å². The minimum Gasteiger partial charge on any atom is -0.481 e. The summed E-state index contributed by atoms with van der Waals surface area (Å²) < 4.78 is 4.78. The number of allylic oxidation sites excluding steroid dienone is 2. The first-order chi connectivity index (χ1) is 8.32. The van der Waals surface area contributed by atoms with Crippen LogP contribution in [0.1, 0.15) is 20.3 Å². The van der Waals surface area contributed by atoms with Crippen molar-refractivity contribution in [2.24, 2.45) is 5.41 Å². The molecule has 0 aliphatic heterocycles. The molecule has 18 heavy (non-hydrogen) atoms. The zero-order valence-corrected chi connectivity index (χ0v) is 10.1. The van der Waals surface area contributed by atoms with Crippen LogP contribution in [-0.4, -0.2) is 34.7 Å². The fourth-order valence-corrected chi connectivity index (χ4v) is 1.74. The maximum atomic E-state index is 11.7. The lowest BCUT2D eigenvalue weighted by Crippen LogP contribution is -2.37. The molecule has 0 fully saturated rings. The fraction of sp³-hybridized carbons (Fsp3) is 0.417. The molecule has 0 spiro atoms. The Kier molecular flexibility index (Phi) is 3.90. The number of carbonyl (C=O) groups excluding carboxylic acids is 1. The lowest BCUT2D eigenvalue weighted by molar-refractivity contribution is -0.151. The second kappa shape index (κ2) is 5.03. The van der Waals surface area contributed by atoms with Gasteiger partial charge in [0.1, 0.15) is 5.41 Å². The predicted molar refractivity (Wildman–Crippen MR) is 60.8 cm³/mol. The third-order valence-electron chi connectivity index (χ3n) is 2.83. The van der Waals surface area contributed by atoms with Crippen LogP contribution in [0.3, 0.4) is 0 Å². The SMILES string of the molecule is CCOC(=O)C1=CC=C(C(=O)O)CC1(C)C(=O)O. The van der Waals surface area contributed by atoms with Gasteiger partial charge in [0, 0.05) is 5.57 Å². The highest BCUT2D eigenvalue weighted by Gasteiger charge is 2.44. The summed E-state index contributed by atoms with van der Waals surface area (Å²) >= 11 is 0. The van der Waals surface area contributed by atoms with Crippen LogP contribution in [-0.2, 0) is 19.1 Å². The molecule has 0 heterocycles. The molecule has 1 unspecified atom stereocenters. The first-order valence-electron chi connectivity index (χ1n) is 5.38. The topological polar surface area (TPSA) is 101 Å². The van der Waals surface area contributed by atoms with Gasteiger partial charge in [-0.25, -0.2) is 9.59 Å². The Labute approximate surface area is 104 Å². The first kappa shape index (κ1) is 14.0. The van der Waals surface area contributed by atoms with Gasteiger partial charge in [0.25, 0.3) is 0 Å². The number of ether oxygens (including phenoxy) is 1. The summed E-state index contributed by atoms with van der Waals surface area (Å²) in [6, 6.07) is 0. The predicted octanol–water partition coefficient (Wildman–Crippen LogP) is 0.982. The molecule has 0 bridgehead atoms. The van der Waals surface area contributed by atoms with Gasteiger partial charge in [0.15, 0.2) is 0 Å². The fourth-order valence-electron chi connectivity index (χ4n) is 1.74. The van der Waals surface area contributed by atoms with Gasteiger partial charge in [-0.2, -0.15) is 0 Å². The van der Waals surface area contributed by atoms with E-state index in [-0.39, 0.29) is 24.2 Å². The molecule has 0 aromatic rings. The van der Waals surface area contributed by atoms with Crippen LogP contribution in [0.5, 0.6) is 0 Å². The normalized spacial score (nSPS) is 22.8. The summed E-state index contributed by atoms with van der Waals surface area (Å²) in [6.45, 7) is 3.05. The van der Waals surface area contributed by atoms with E-state index in [2.05, 4.69) is 0 Å². The number of carbonyl (C=O) groups is 3. The lowest BCUT2D eigenvalue weighted by atomic mass is 9.73. The van der Waals surface area contributed by atoms with E-state index in [4.69, 9.17) is 9.84 Å². The van der Waals surface area contributed by atoms with Crippen LogP contribution >= 0.6 is 0 Å². The average molecular weight is 254 g/mol. The van der Waals surface area contributed by atoms with E-state index in [1.165, 1.54) is 19.1 Å². The van der Waals surface area contributed by atoms with Crippen molar-refractivity contribution in [1.29, 1.82) is 0 Å². The molecular weight excluding hydrogens is 240 g/mol. The molecule has 0 radical (unpaired) electrons. The average Bonchev–Trinajstić information content (AvgIpc) is 2.28. The smallest absolute Gasteiger partial charge is 0.335 e. The number of hydrogen-bond acceptors (Lipinski definition) is 4. The van der Waals surface area contributed by atoms with Gasteiger partial charge in [-0.1, -0.05) is 12.2 Å². The molecule has 0 amide bonds. The first-order valence-corrected chi connectivity index (χ1v) is 5.38. The Morgan fingerprint density at radius 2 is 1.94 bits per heavy atom. The van der Waals surface area contributed by atoms with Crippen LogP contribution in [0.2, 0.25) is 0 Å². The lowest BCUT2D eigenvalue weighted by Gasteiger charge is -2.29. The zero-order chi connectivity index (χ0) is 13.9. The third-order valence-corrected chi connectivity index (χ3v) is 2.83. The molecule has 0 aromatic carbocycles. The van der Waals surface area contributed by atoms with Crippen molar-refractivity contribution in [3.05, 3.63) is 23.3 Å². The Hall–Kier alpha value is -2.11. The highest BCUT2D eigenvalue weighted by Crippen LogP contribution is 2.38. The monoisotopic (exact) mass is 254 g/mol. The number of rotatable bonds is 4. The number of aliphatic carboxylic acids is 2. The van der Waals surface area contributed by atoms with Gasteiger partial charge in [0.2, 0.25) is 0 Å². The Balaban J connectivity index is 3.21. The molecule has 6 heteroatoms. The van der Waals surface area contributed by atoms with Crippen molar-refractivity contribution in [2.45, 2.75) is 20.3 Å². The van der Waals surface area contributed by atoms with Crippen molar-refractivity contribution < 1.29 is 29.3 Å². The standard InChI is InChI=1S/C12H14O6/c1-3-18-10(15)8-5-4-7(9(13)14)6-12(8,2)11(16)17/h4-5H,3,6H2,1-2H3,(H,13,14)(H,16,17). The quantitative estimate of drug-likeness (QED) is 0.725. The number of carboxylic acids is 2. The minimum absolute atomic E-state index is 0.0400. The number of esters is 1. The molecule has 98 valence electrons. The van der Waals surface area contributed by atoms with Crippen molar-refractivity contribution in [2.75, 3.05) is 6.61 Å². The summed E-state index contributed by atoms with van der Waals surface area (Å²) in [5, 5.41) is 18.1. The summed E-state index contributed by atoms with van der Waals surface area (Å²) in [5.41, 5.74) is -1.66. The van der Waals surface area contributed by atoms with Crippen molar-refractivity contribution >= 4 is 17.9 Å². The van der Waals surface area contributed by atoms with Gasteiger partial charge >= 0.3 is 17.9 Å². The summed E-state index contributed by atoms with van der Waals surface area (Å²) in [7, 11) is 0. The second-order valence-electron chi connectivity index (χ2n) is 4.11. The van der Waals surface area contributed by atoms with Gasteiger partial charge in [-0.05, 0) is 20.3 Å². The zero-order valence-electron chi connectivity index (χ0n) is 10.1.